The molecule has 3 heterocycles. The van der Waals surface area contributed by atoms with Gasteiger partial charge in [0.2, 0.25) is 0 Å². The Morgan fingerprint density at radius 1 is 1.29 bits per heavy atom. The molecule has 0 saturated carbocycles. The Labute approximate surface area is 122 Å². The number of hydrogen-bond acceptors (Lipinski definition) is 4. The molecule has 0 unspecified atom stereocenters. The molecule has 0 spiro atoms. The zero-order chi connectivity index (χ0) is 14.4. The van der Waals surface area contributed by atoms with Gasteiger partial charge in [-0.1, -0.05) is 6.07 Å². The second kappa shape index (κ2) is 4.66. The van der Waals surface area contributed by atoms with Gasteiger partial charge in [-0.25, -0.2) is 4.68 Å². The molecule has 4 rings (SSSR count). The lowest BCUT2D eigenvalue weighted by Gasteiger charge is -2.36. The molecule has 1 aliphatic rings. The van der Waals surface area contributed by atoms with Crippen molar-refractivity contribution >= 4 is 10.9 Å². The molecule has 108 valence electrons. The van der Waals surface area contributed by atoms with Crippen LogP contribution in [0.5, 0.6) is 0 Å². The van der Waals surface area contributed by atoms with Crippen LogP contribution in [0, 0.1) is 0 Å². The van der Waals surface area contributed by atoms with Crippen LogP contribution in [-0.4, -0.2) is 50.2 Å². The fourth-order valence-corrected chi connectivity index (χ4v) is 3.11. The minimum absolute atomic E-state index is 0.649. The highest BCUT2D eigenvalue weighted by molar-refractivity contribution is 5.84. The van der Waals surface area contributed by atoms with Crippen LogP contribution in [0.3, 0.4) is 0 Å². The highest BCUT2D eigenvalue weighted by Crippen LogP contribution is 2.32. The maximum absolute atomic E-state index is 4.06. The third kappa shape index (κ3) is 2.12. The predicted molar refractivity (Wildman–Crippen MR) is 80.1 cm³/mol. The summed E-state index contributed by atoms with van der Waals surface area (Å²) in [5.41, 5.74) is 3.88. The average molecular weight is 282 g/mol. The number of nitrogens with one attached hydrogen (secondary N) is 1. The number of hydrogen-bond donors (Lipinski definition) is 1. The van der Waals surface area contributed by atoms with Gasteiger partial charge in [-0.05, 0) is 40.7 Å². The van der Waals surface area contributed by atoms with E-state index in [2.05, 4.69) is 56.9 Å². The standard InChI is InChI=1S/C15H18N6/c1-20-8-11(9-20)13-7-16-14-4-3-10(5-12(13)14)6-15-17-18-19-21(15)2/h3-5,7,11,16H,6,8-9H2,1-2H3. The van der Waals surface area contributed by atoms with Gasteiger partial charge in [0.15, 0.2) is 5.82 Å². The second-order valence-electron chi connectivity index (χ2n) is 5.94. The van der Waals surface area contributed by atoms with Crippen molar-refractivity contribution in [1.82, 2.24) is 30.1 Å². The van der Waals surface area contributed by atoms with Crippen LogP contribution < -0.4 is 0 Å². The van der Waals surface area contributed by atoms with Gasteiger partial charge in [0, 0.05) is 49.6 Å². The number of rotatable bonds is 3. The lowest BCUT2D eigenvalue weighted by molar-refractivity contribution is 0.190. The van der Waals surface area contributed by atoms with E-state index in [1.807, 2.05) is 7.05 Å². The van der Waals surface area contributed by atoms with E-state index >= 15 is 0 Å². The zero-order valence-electron chi connectivity index (χ0n) is 12.2. The van der Waals surface area contributed by atoms with E-state index in [1.54, 1.807) is 4.68 Å². The first-order chi connectivity index (χ1) is 10.2. The van der Waals surface area contributed by atoms with Crippen LogP contribution in [0.15, 0.2) is 24.4 Å². The lowest BCUT2D eigenvalue weighted by Crippen LogP contribution is -2.41. The van der Waals surface area contributed by atoms with Crippen molar-refractivity contribution in [3.8, 4) is 0 Å². The van der Waals surface area contributed by atoms with Crippen molar-refractivity contribution in [2.45, 2.75) is 12.3 Å². The number of H-pyrrole nitrogens is 1. The van der Waals surface area contributed by atoms with E-state index < -0.39 is 0 Å². The zero-order valence-corrected chi connectivity index (χ0v) is 12.2. The molecule has 1 aliphatic heterocycles. The summed E-state index contributed by atoms with van der Waals surface area (Å²) < 4.78 is 1.73. The van der Waals surface area contributed by atoms with E-state index in [4.69, 9.17) is 0 Å². The lowest BCUT2D eigenvalue weighted by atomic mass is 9.91. The number of likely N-dealkylation sites (tertiary alicyclic amines) is 1. The van der Waals surface area contributed by atoms with Crippen molar-refractivity contribution in [1.29, 1.82) is 0 Å². The van der Waals surface area contributed by atoms with Gasteiger partial charge in [-0.2, -0.15) is 0 Å². The largest absolute Gasteiger partial charge is 0.361 e. The summed E-state index contributed by atoms with van der Waals surface area (Å²) in [5, 5.41) is 13.0. The molecule has 1 fully saturated rings. The van der Waals surface area contributed by atoms with Crippen molar-refractivity contribution in [2.24, 2.45) is 7.05 Å². The van der Waals surface area contributed by atoms with Crippen molar-refractivity contribution in [3.05, 3.63) is 41.3 Å². The molecule has 1 saturated heterocycles. The third-order valence-electron chi connectivity index (χ3n) is 4.35. The summed E-state index contributed by atoms with van der Waals surface area (Å²) in [4.78, 5) is 5.73. The Hall–Kier alpha value is -2.21. The summed E-state index contributed by atoms with van der Waals surface area (Å²) in [6.07, 6.45) is 2.92. The highest BCUT2D eigenvalue weighted by atomic mass is 15.5. The van der Waals surface area contributed by atoms with Gasteiger partial charge >= 0.3 is 0 Å². The van der Waals surface area contributed by atoms with Crippen LogP contribution in [0.4, 0.5) is 0 Å². The molecule has 6 nitrogen and oxygen atoms in total. The number of tetrazole rings is 1. The van der Waals surface area contributed by atoms with Crippen molar-refractivity contribution in [2.75, 3.05) is 20.1 Å². The topological polar surface area (TPSA) is 62.6 Å². The van der Waals surface area contributed by atoms with Crippen LogP contribution >= 0.6 is 0 Å². The van der Waals surface area contributed by atoms with E-state index in [0.29, 0.717) is 5.92 Å². The molecule has 0 amide bonds. The van der Waals surface area contributed by atoms with Crippen LogP contribution in [0.25, 0.3) is 10.9 Å². The van der Waals surface area contributed by atoms with Gasteiger partial charge < -0.3 is 9.88 Å². The maximum Gasteiger partial charge on any atom is 0.155 e. The minimum Gasteiger partial charge on any atom is -0.361 e. The molecule has 6 heteroatoms. The van der Waals surface area contributed by atoms with Gasteiger partial charge in [-0.3, -0.25) is 0 Å². The van der Waals surface area contributed by atoms with Gasteiger partial charge in [0.05, 0.1) is 0 Å². The number of aromatic amines is 1. The SMILES string of the molecule is CN1CC(c2c[nH]c3ccc(Cc4nnnn4C)cc23)C1. The second-order valence-corrected chi connectivity index (χ2v) is 5.94. The summed E-state index contributed by atoms with van der Waals surface area (Å²) in [5.74, 6) is 1.53. The first-order valence-corrected chi connectivity index (χ1v) is 7.20. The molecule has 0 atom stereocenters. The maximum atomic E-state index is 4.06. The number of aryl methyl sites for hydroxylation is 1. The number of benzene rings is 1. The van der Waals surface area contributed by atoms with E-state index in [0.717, 1.165) is 25.3 Å². The Kier molecular flexibility index (Phi) is 2.78. The molecule has 0 aliphatic carbocycles. The highest BCUT2D eigenvalue weighted by Gasteiger charge is 2.26. The van der Waals surface area contributed by atoms with Crippen LogP contribution in [0.2, 0.25) is 0 Å². The third-order valence-corrected chi connectivity index (χ3v) is 4.35. The van der Waals surface area contributed by atoms with Crippen molar-refractivity contribution in [3.63, 3.8) is 0 Å². The molecule has 1 aromatic carbocycles. The first kappa shape index (κ1) is 12.5. The number of nitrogens with zero attached hydrogens (tertiary/aromatic N) is 5. The van der Waals surface area contributed by atoms with Crippen LogP contribution in [0.1, 0.15) is 22.9 Å². The van der Waals surface area contributed by atoms with Gasteiger partial charge in [0.25, 0.3) is 0 Å². The number of fused-ring (bicyclic) bond motifs is 1. The fourth-order valence-electron chi connectivity index (χ4n) is 3.11. The first-order valence-electron chi connectivity index (χ1n) is 7.20. The molecule has 2 aromatic heterocycles. The Balaban J connectivity index is 1.68. The molecule has 3 aromatic rings. The van der Waals surface area contributed by atoms with E-state index in [9.17, 15) is 0 Å². The Bertz CT molecular complexity index is 780. The Morgan fingerprint density at radius 3 is 2.86 bits per heavy atom. The molecule has 0 radical (unpaired) electrons. The number of aromatic nitrogens is 5. The predicted octanol–water partition coefficient (Wildman–Crippen LogP) is 1.31. The van der Waals surface area contributed by atoms with Crippen molar-refractivity contribution < 1.29 is 0 Å². The fraction of sp³-hybridized carbons (Fsp3) is 0.400. The normalized spacial score (nSPS) is 16.5. The smallest absolute Gasteiger partial charge is 0.155 e. The summed E-state index contributed by atoms with van der Waals surface area (Å²) in [6, 6.07) is 6.57. The molecule has 1 N–H and O–H groups in total. The van der Waals surface area contributed by atoms with Gasteiger partial charge in [-0.15, -0.1) is 5.10 Å². The summed E-state index contributed by atoms with van der Waals surface area (Å²) in [6.45, 7) is 2.29. The van der Waals surface area contributed by atoms with E-state index in [-0.39, 0.29) is 0 Å². The molecular formula is C15H18N6. The van der Waals surface area contributed by atoms with Crippen LogP contribution in [-0.2, 0) is 13.5 Å². The molecular weight excluding hydrogens is 264 g/mol. The summed E-state index contributed by atoms with van der Waals surface area (Å²) in [7, 11) is 4.04. The monoisotopic (exact) mass is 282 g/mol. The van der Waals surface area contributed by atoms with Gasteiger partial charge in [0.1, 0.15) is 0 Å². The minimum atomic E-state index is 0.649. The quantitative estimate of drug-likeness (QED) is 0.787. The summed E-state index contributed by atoms with van der Waals surface area (Å²) >= 11 is 0. The Morgan fingerprint density at radius 2 is 2.14 bits per heavy atom. The molecule has 0 bridgehead atoms. The number of likely N-dealkylation sites (N-methyl/N-ethyl adjacent to an activating group) is 1. The van der Waals surface area contributed by atoms with E-state index in [1.165, 1.54) is 22.0 Å². The average Bonchev–Trinajstić information content (AvgIpc) is 3.02. The molecule has 21 heavy (non-hydrogen) atoms.